The molecule has 1 heteroatoms. The molecule has 0 rings (SSSR count). The average Bonchev–Trinajstić information content (AvgIpc) is 2.04. The normalized spacial score (nSPS) is 12.0. The van der Waals surface area contributed by atoms with E-state index in [9.17, 15) is 0 Å². The Hall–Kier alpha value is -0.0400. The first kappa shape index (κ1) is 12.0. The zero-order valence-corrected chi connectivity index (χ0v) is 9.15. The molecule has 12 heavy (non-hydrogen) atoms. The number of rotatable bonds is 7. The summed E-state index contributed by atoms with van der Waals surface area (Å²) in [5.41, 5.74) is 0.0895. The van der Waals surface area contributed by atoms with E-state index in [0.717, 1.165) is 13.0 Å². The summed E-state index contributed by atoms with van der Waals surface area (Å²) in [6, 6.07) is 0. The average molecular weight is 172 g/mol. The molecular formula is C11H24O. The Morgan fingerprint density at radius 1 is 1.00 bits per heavy atom. The lowest BCUT2D eigenvalue weighted by Gasteiger charge is -2.23. The Balaban J connectivity index is 3.19. The van der Waals surface area contributed by atoms with Crippen molar-refractivity contribution in [1.82, 2.24) is 0 Å². The highest BCUT2D eigenvalue weighted by molar-refractivity contribution is 4.64. The van der Waals surface area contributed by atoms with Gasteiger partial charge in [-0.25, -0.2) is 0 Å². The molecule has 0 aromatic heterocycles. The van der Waals surface area contributed by atoms with Crippen LogP contribution in [0, 0.1) is 0 Å². The van der Waals surface area contributed by atoms with Crippen LogP contribution < -0.4 is 0 Å². The van der Waals surface area contributed by atoms with Gasteiger partial charge in [0.2, 0.25) is 0 Å². The molecule has 0 bridgehead atoms. The van der Waals surface area contributed by atoms with Gasteiger partial charge in [0.25, 0.3) is 0 Å². The zero-order valence-electron chi connectivity index (χ0n) is 9.15. The van der Waals surface area contributed by atoms with Crippen molar-refractivity contribution in [3.8, 4) is 0 Å². The highest BCUT2D eigenvalue weighted by atomic mass is 16.5. The Morgan fingerprint density at radius 3 is 2.17 bits per heavy atom. The number of hydrogen-bond donors (Lipinski definition) is 0. The lowest BCUT2D eigenvalue weighted by Crippen LogP contribution is -2.23. The monoisotopic (exact) mass is 172 g/mol. The molecule has 0 fully saturated rings. The van der Waals surface area contributed by atoms with E-state index in [4.69, 9.17) is 4.74 Å². The van der Waals surface area contributed by atoms with Crippen molar-refractivity contribution in [2.75, 3.05) is 6.61 Å². The molecule has 0 aromatic rings. The summed E-state index contributed by atoms with van der Waals surface area (Å²) < 4.78 is 5.73. The molecule has 0 amide bonds. The van der Waals surface area contributed by atoms with E-state index in [-0.39, 0.29) is 5.60 Å². The maximum atomic E-state index is 5.73. The highest BCUT2D eigenvalue weighted by Crippen LogP contribution is 2.14. The largest absolute Gasteiger partial charge is 0.376 e. The van der Waals surface area contributed by atoms with Crippen LogP contribution in [0.4, 0.5) is 0 Å². The van der Waals surface area contributed by atoms with E-state index in [1.54, 1.807) is 0 Å². The van der Waals surface area contributed by atoms with E-state index >= 15 is 0 Å². The van der Waals surface area contributed by atoms with Crippen LogP contribution in [-0.2, 0) is 4.74 Å². The Labute approximate surface area is 77.5 Å². The van der Waals surface area contributed by atoms with Gasteiger partial charge in [-0.05, 0) is 26.7 Å². The smallest absolute Gasteiger partial charge is 0.0623 e. The molecule has 0 aromatic carbocycles. The zero-order chi connectivity index (χ0) is 9.45. The van der Waals surface area contributed by atoms with Gasteiger partial charge < -0.3 is 4.74 Å². The van der Waals surface area contributed by atoms with Gasteiger partial charge in [-0.2, -0.15) is 0 Å². The molecule has 0 aliphatic heterocycles. The van der Waals surface area contributed by atoms with Crippen molar-refractivity contribution in [3.63, 3.8) is 0 Å². The maximum Gasteiger partial charge on any atom is 0.0623 e. The fourth-order valence-electron chi connectivity index (χ4n) is 0.979. The van der Waals surface area contributed by atoms with E-state index in [1.165, 1.54) is 25.7 Å². The minimum absolute atomic E-state index is 0.0895. The van der Waals surface area contributed by atoms with Crippen molar-refractivity contribution >= 4 is 0 Å². The summed E-state index contributed by atoms with van der Waals surface area (Å²) in [6.45, 7) is 9.66. The Morgan fingerprint density at radius 2 is 1.67 bits per heavy atom. The van der Waals surface area contributed by atoms with Gasteiger partial charge in [-0.1, -0.05) is 33.1 Å². The van der Waals surface area contributed by atoms with Crippen LogP contribution in [0.15, 0.2) is 0 Å². The lowest BCUT2D eigenvalue weighted by atomic mass is 10.1. The topological polar surface area (TPSA) is 9.23 Å². The second-order valence-corrected chi connectivity index (χ2v) is 4.02. The highest BCUT2D eigenvalue weighted by Gasteiger charge is 2.13. The molecule has 0 atom stereocenters. The Kier molecular flexibility index (Phi) is 6.45. The lowest BCUT2D eigenvalue weighted by molar-refractivity contribution is -0.0216. The SMILES string of the molecule is CCCCCCOC(C)(C)CC. The van der Waals surface area contributed by atoms with Crippen LogP contribution in [0.2, 0.25) is 0 Å². The molecule has 1 nitrogen and oxygen atoms in total. The molecule has 0 N–H and O–H groups in total. The first-order valence-corrected chi connectivity index (χ1v) is 5.26. The van der Waals surface area contributed by atoms with Crippen LogP contribution in [0.1, 0.15) is 59.8 Å². The number of unbranched alkanes of at least 4 members (excludes halogenated alkanes) is 3. The maximum absolute atomic E-state index is 5.73. The van der Waals surface area contributed by atoms with Crippen LogP contribution in [-0.4, -0.2) is 12.2 Å². The molecule has 0 saturated carbocycles. The molecule has 0 aliphatic rings. The van der Waals surface area contributed by atoms with Gasteiger partial charge in [-0.3, -0.25) is 0 Å². The third-order valence-electron chi connectivity index (χ3n) is 2.34. The van der Waals surface area contributed by atoms with Crippen molar-refractivity contribution < 1.29 is 4.74 Å². The second kappa shape index (κ2) is 6.47. The van der Waals surface area contributed by atoms with Crippen molar-refractivity contribution in [2.45, 2.75) is 65.4 Å². The van der Waals surface area contributed by atoms with Crippen molar-refractivity contribution in [3.05, 3.63) is 0 Å². The molecule has 74 valence electrons. The first-order chi connectivity index (χ1) is 5.62. The summed E-state index contributed by atoms with van der Waals surface area (Å²) in [4.78, 5) is 0. The fraction of sp³-hybridized carbons (Fsp3) is 1.00. The predicted molar refractivity (Wildman–Crippen MR) is 54.5 cm³/mol. The van der Waals surface area contributed by atoms with Crippen LogP contribution in [0.25, 0.3) is 0 Å². The molecule has 0 spiro atoms. The summed E-state index contributed by atoms with van der Waals surface area (Å²) in [5.74, 6) is 0. The number of ether oxygens (including phenoxy) is 1. The summed E-state index contributed by atoms with van der Waals surface area (Å²) >= 11 is 0. The van der Waals surface area contributed by atoms with Gasteiger partial charge in [0.1, 0.15) is 0 Å². The predicted octanol–water partition coefficient (Wildman–Crippen LogP) is 3.77. The van der Waals surface area contributed by atoms with E-state index in [1.807, 2.05) is 0 Å². The van der Waals surface area contributed by atoms with Gasteiger partial charge in [0.05, 0.1) is 5.60 Å². The fourth-order valence-corrected chi connectivity index (χ4v) is 0.979. The second-order valence-electron chi connectivity index (χ2n) is 4.02. The number of hydrogen-bond acceptors (Lipinski definition) is 1. The van der Waals surface area contributed by atoms with E-state index in [0.29, 0.717) is 0 Å². The minimum atomic E-state index is 0.0895. The van der Waals surface area contributed by atoms with Gasteiger partial charge >= 0.3 is 0 Å². The Bertz CT molecular complexity index is 97.2. The van der Waals surface area contributed by atoms with Gasteiger partial charge in [0.15, 0.2) is 0 Å². The first-order valence-electron chi connectivity index (χ1n) is 5.26. The molecule has 0 heterocycles. The molecular weight excluding hydrogens is 148 g/mol. The van der Waals surface area contributed by atoms with Crippen LogP contribution in [0.3, 0.4) is 0 Å². The molecule has 0 unspecified atom stereocenters. The van der Waals surface area contributed by atoms with E-state index in [2.05, 4.69) is 27.7 Å². The summed E-state index contributed by atoms with van der Waals surface area (Å²) in [6.07, 6.45) is 6.28. The van der Waals surface area contributed by atoms with E-state index < -0.39 is 0 Å². The summed E-state index contributed by atoms with van der Waals surface area (Å²) in [7, 11) is 0. The van der Waals surface area contributed by atoms with Crippen molar-refractivity contribution in [2.24, 2.45) is 0 Å². The van der Waals surface area contributed by atoms with Gasteiger partial charge in [0, 0.05) is 6.61 Å². The van der Waals surface area contributed by atoms with Crippen LogP contribution in [0.5, 0.6) is 0 Å². The van der Waals surface area contributed by atoms with Crippen LogP contribution >= 0.6 is 0 Å². The minimum Gasteiger partial charge on any atom is -0.376 e. The third-order valence-corrected chi connectivity index (χ3v) is 2.34. The van der Waals surface area contributed by atoms with Gasteiger partial charge in [-0.15, -0.1) is 0 Å². The molecule has 0 saturated heterocycles. The molecule has 0 aliphatic carbocycles. The third kappa shape index (κ3) is 6.66. The standard InChI is InChI=1S/C11H24O/c1-5-7-8-9-10-12-11(3,4)6-2/h5-10H2,1-4H3. The molecule has 0 radical (unpaired) electrons. The quantitative estimate of drug-likeness (QED) is 0.531. The van der Waals surface area contributed by atoms with Crippen molar-refractivity contribution in [1.29, 1.82) is 0 Å². The summed E-state index contributed by atoms with van der Waals surface area (Å²) in [5, 5.41) is 0.